The third-order valence-electron chi connectivity index (χ3n) is 2.99. The minimum absolute atomic E-state index is 0.288. The van der Waals surface area contributed by atoms with Crippen molar-refractivity contribution in [3.8, 4) is 5.75 Å². The number of nitrogens with two attached hydrogens (primary N) is 1. The van der Waals surface area contributed by atoms with E-state index in [1.54, 1.807) is 6.07 Å². The quantitative estimate of drug-likeness (QED) is 0.649. The minimum atomic E-state index is -0.288. The predicted octanol–water partition coefficient (Wildman–Crippen LogP) is 3.94. The molecule has 1 atom stereocenters. The number of para-hydroxylation sites is 1. The van der Waals surface area contributed by atoms with Gasteiger partial charge in [0, 0.05) is 5.56 Å². The normalized spacial score (nSPS) is 12.2. The van der Waals surface area contributed by atoms with E-state index >= 15 is 0 Å². The Morgan fingerprint density at radius 1 is 1.10 bits per heavy atom. The first kappa shape index (κ1) is 15.1. The first-order valence-corrected chi connectivity index (χ1v) is 7.06. The average Bonchev–Trinajstić information content (AvgIpc) is 2.46. The Kier molecular flexibility index (Phi) is 5.26. The second kappa shape index (κ2) is 6.95. The number of nitrogens with one attached hydrogen (secondary N) is 1. The second-order valence-corrected chi connectivity index (χ2v) is 5.00. The van der Waals surface area contributed by atoms with E-state index in [4.69, 9.17) is 33.8 Å². The van der Waals surface area contributed by atoms with Gasteiger partial charge in [-0.15, -0.1) is 0 Å². The van der Waals surface area contributed by atoms with Crippen LogP contribution in [0.4, 0.5) is 0 Å². The number of hydrazine groups is 1. The molecule has 3 nitrogen and oxygen atoms in total. The van der Waals surface area contributed by atoms with Gasteiger partial charge in [0.15, 0.2) is 0 Å². The Balaban J connectivity index is 2.50. The summed E-state index contributed by atoms with van der Waals surface area (Å²) in [4.78, 5) is 0. The first-order valence-electron chi connectivity index (χ1n) is 6.30. The molecule has 106 valence electrons. The third kappa shape index (κ3) is 3.07. The summed E-state index contributed by atoms with van der Waals surface area (Å²) >= 11 is 12.3. The van der Waals surface area contributed by atoms with E-state index in [9.17, 15) is 0 Å². The molecule has 0 amide bonds. The molecule has 20 heavy (non-hydrogen) atoms. The number of rotatable bonds is 5. The molecule has 0 aliphatic carbocycles. The molecule has 0 heterocycles. The maximum atomic E-state index is 6.28. The highest BCUT2D eigenvalue weighted by atomic mass is 35.5. The maximum Gasteiger partial charge on any atom is 0.124 e. The Labute approximate surface area is 128 Å². The van der Waals surface area contributed by atoms with Crippen LogP contribution in [0.5, 0.6) is 5.75 Å². The van der Waals surface area contributed by atoms with Gasteiger partial charge in [-0.05, 0) is 24.6 Å². The van der Waals surface area contributed by atoms with Crippen LogP contribution in [0.3, 0.4) is 0 Å². The van der Waals surface area contributed by atoms with Crippen LogP contribution in [0.15, 0.2) is 42.5 Å². The molecule has 0 aromatic heterocycles. The van der Waals surface area contributed by atoms with E-state index in [-0.39, 0.29) is 6.04 Å². The highest BCUT2D eigenvalue weighted by Gasteiger charge is 2.20. The van der Waals surface area contributed by atoms with Crippen LogP contribution in [-0.4, -0.2) is 6.61 Å². The number of hydrogen-bond acceptors (Lipinski definition) is 3. The lowest BCUT2D eigenvalue weighted by Gasteiger charge is -2.21. The molecule has 3 N–H and O–H groups in total. The van der Waals surface area contributed by atoms with Crippen molar-refractivity contribution in [2.75, 3.05) is 6.61 Å². The summed E-state index contributed by atoms with van der Waals surface area (Å²) in [6.45, 7) is 2.52. The molecule has 0 bridgehead atoms. The smallest absolute Gasteiger partial charge is 0.124 e. The first-order chi connectivity index (χ1) is 9.69. The zero-order valence-electron chi connectivity index (χ0n) is 11.1. The van der Waals surface area contributed by atoms with Crippen molar-refractivity contribution in [3.63, 3.8) is 0 Å². The molecule has 2 aromatic carbocycles. The summed E-state index contributed by atoms with van der Waals surface area (Å²) in [5.41, 5.74) is 4.51. The van der Waals surface area contributed by atoms with Crippen LogP contribution in [0.1, 0.15) is 24.1 Å². The van der Waals surface area contributed by atoms with E-state index in [1.165, 1.54) is 0 Å². The van der Waals surface area contributed by atoms with Gasteiger partial charge < -0.3 is 4.74 Å². The fraction of sp³-hybridized carbons (Fsp3) is 0.200. The zero-order valence-corrected chi connectivity index (χ0v) is 12.6. The van der Waals surface area contributed by atoms with Crippen molar-refractivity contribution in [1.29, 1.82) is 0 Å². The van der Waals surface area contributed by atoms with E-state index in [2.05, 4.69) is 5.43 Å². The van der Waals surface area contributed by atoms with Gasteiger partial charge in [0.25, 0.3) is 0 Å². The van der Waals surface area contributed by atoms with E-state index in [0.29, 0.717) is 16.7 Å². The lowest BCUT2D eigenvalue weighted by molar-refractivity contribution is 0.333. The monoisotopic (exact) mass is 310 g/mol. The highest BCUT2D eigenvalue weighted by Crippen LogP contribution is 2.36. The van der Waals surface area contributed by atoms with E-state index < -0.39 is 0 Å². The van der Waals surface area contributed by atoms with Crippen LogP contribution in [-0.2, 0) is 0 Å². The molecular formula is C15H16Cl2N2O. The van der Waals surface area contributed by atoms with Crippen molar-refractivity contribution in [2.45, 2.75) is 13.0 Å². The molecule has 0 fully saturated rings. The lowest BCUT2D eigenvalue weighted by atomic mass is 9.98. The Hall–Kier alpha value is -1.26. The maximum absolute atomic E-state index is 6.28. The zero-order chi connectivity index (χ0) is 14.5. The van der Waals surface area contributed by atoms with E-state index in [0.717, 1.165) is 16.9 Å². The van der Waals surface area contributed by atoms with Crippen LogP contribution >= 0.6 is 23.2 Å². The topological polar surface area (TPSA) is 47.3 Å². The fourth-order valence-electron chi connectivity index (χ4n) is 2.10. The molecule has 0 aliphatic rings. The van der Waals surface area contributed by atoms with Crippen LogP contribution in [0.2, 0.25) is 10.0 Å². The molecule has 0 saturated carbocycles. The summed E-state index contributed by atoms with van der Waals surface area (Å²) in [5, 5.41) is 0.988. The Bertz CT molecular complexity index is 590. The average molecular weight is 311 g/mol. The van der Waals surface area contributed by atoms with Gasteiger partial charge >= 0.3 is 0 Å². The van der Waals surface area contributed by atoms with Crippen LogP contribution in [0, 0.1) is 0 Å². The number of benzene rings is 2. The number of hydrogen-bond donors (Lipinski definition) is 2. The second-order valence-electron chi connectivity index (χ2n) is 4.21. The summed E-state index contributed by atoms with van der Waals surface area (Å²) in [7, 11) is 0. The Morgan fingerprint density at radius 3 is 2.50 bits per heavy atom. The van der Waals surface area contributed by atoms with E-state index in [1.807, 2.05) is 43.3 Å². The van der Waals surface area contributed by atoms with Gasteiger partial charge in [-0.25, -0.2) is 5.43 Å². The number of ether oxygens (including phenoxy) is 1. The molecular weight excluding hydrogens is 295 g/mol. The summed E-state index contributed by atoms with van der Waals surface area (Å²) in [6, 6.07) is 12.9. The molecule has 5 heteroatoms. The van der Waals surface area contributed by atoms with Gasteiger partial charge in [-0.2, -0.15) is 0 Å². The highest BCUT2D eigenvalue weighted by molar-refractivity contribution is 6.42. The molecule has 0 saturated heterocycles. The van der Waals surface area contributed by atoms with Crippen molar-refractivity contribution in [3.05, 3.63) is 63.6 Å². The van der Waals surface area contributed by atoms with Gasteiger partial charge in [0.1, 0.15) is 5.75 Å². The molecule has 1 unspecified atom stereocenters. The Morgan fingerprint density at radius 2 is 1.80 bits per heavy atom. The van der Waals surface area contributed by atoms with Gasteiger partial charge in [0.2, 0.25) is 0 Å². The molecule has 0 spiro atoms. The van der Waals surface area contributed by atoms with Gasteiger partial charge in [-0.1, -0.05) is 53.5 Å². The predicted molar refractivity (Wildman–Crippen MR) is 83.2 cm³/mol. The summed E-state index contributed by atoms with van der Waals surface area (Å²) < 4.78 is 5.64. The standard InChI is InChI=1S/C15H16Cl2N2O/c1-2-20-13-9-4-3-6-10(13)15(19-18)11-7-5-8-12(16)14(11)17/h3-9,15,19H,2,18H2,1H3. The molecule has 0 aliphatic heterocycles. The SMILES string of the molecule is CCOc1ccccc1C(NN)c1cccc(Cl)c1Cl. The summed E-state index contributed by atoms with van der Waals surface area (Å²) in [6.07, 6.45) is 0. The van der Waals surface area contributed by atoms with Crippen LogP contribution < -0.4 is 16.0 Å². The third-order valence-corrected chi connectivity index (χ3v) is 3.82. The number of halogens is 2. The summed E-state index contributed by atoms with van der Waals surface area (Å²) in [5.74, 6) is 6.49. The fourth-order valence-corrected chi connectivity index (χ4v) is 2.51. The van der Waals surface area contributed by atoms with Crippen molar-refractivity contribution in [2.24, 2.45) is 5.84 Å². The van der Waals surface area contributed by atoms with Gasteiger partial charge in [0.05, 0.1) is 22.7 Å². The van der Waals surface area contributed by atoms with Crippen molar-refractivity contribution in [1.82, 2.24) is 5.43 Å². The van der Waals surface area contributed by atoms with Crippen LogP contribution in [0.25, 0.3) is 0 Å². The minimum Gasteiger partial charge on any atom is -0.494 e. The van der Waals surface area contributed by atoms with Gasteiger partial charge in [-0.3, -0.25) is 5.84 Å². The molecule has 2 aromatic rings. The van der Waals surface area contributed by atoms with Crippen molar-refractivity contribution >= 4 is 23.2 Å². The molecule has 0 radical (unpaired) electrons. The molecule has 2 rings (SSSR count). The lowest BCUT2D eigenvalue weighted by Crippen LogP contribution is -2.29. The van der Waals surface area contributed by atoms with Crippen molar-refractivity contribution < 1.29 is 4.74 Å². The largest absolute Gasteiger partial charge is 0.494 e.